The SMILES string of the molecule is N#C/C(=C/c1cc(Br)ccc1OCc1cccc([N+](=O)[O-])c1)C(=O)Nc1cccc(Cl)c1Cl. The van der Waals surface area contributed by atoms with Crippen molar-refractivity contribution in [3.05, 3.63) is 102 Å². The average Bonchev–Trinajstić information content (AvgIpc) is 2.80. The number of rotatable bonds is 7. The molecule has 0 aliphatic heterocycles. The average molecular weight is 547 g/mol. The molecule has 0 atom stereocenters. The quantitative estimate of drug-likeness (QED) is 0.152. The van der Waals surface area contributed by atoms with Gasteiger partial charge in [0.2, 0.25) is 0 Å². The normalized spacial score (nSPS) is 10.9. The first-order valence-corrected chi connectivity index (χ1v) is 10.9. The lowest BCUT2D eigenvalue weighted by Crippen LogP contribution is -2.14. The summed E-state index contributed by atoms with van der Waals surface area (Å²) < 4.78 is 6.52. The monoisotopic (exact) mass is 545 g/mol. The maximum absolute atomic E-state index is 12.7. The van der Waals surface area contributed by atoms with Gasteiger partial charge in [-0.15, -0.1) is 0 Å². The Morgan fingerprint density at radius 1 is 1.18 bits per heavy atom. The molecule has 0 heterocycles. The molecule has 0 aromatic heterocycles. The van der Waals surface area contributed by atoms with Crippen molar-refractivity contribution in [3.63, 3.8) is 0 Å². The number of hydrogen-bond acceptors (Lipinski definition) is 5. The number of nitriles is 1. The van der Waals surface area contributed by atoms with Crippen LogP contribution in [0.15, 0.2) is 70.7 Å². The number of carbonyl (C=O) groups excluding carboxylic acids is 1. The lowest BCUT2D eigenvalue weighted by molar-refractivity contribution is -0.384. The van der Waals surface area contributed by atoms with E-state index in [2.05, 4.69) is 21.2 Å². The molecule has 0 unspecified atom stereocenters. The second kappa shape index (κ2) is 11.0. The topological polar surface area (TPSA) is 105 Å². The van der Waals surface area contributed by atoms with Crippen LogP contribution in [0, 0.1) is 21.4 Å². The van der Waals surface area contributed by atoms with Crippen molar-refractivity contribution >= 4 is 62.5 Å². The summed E-state index contributed by atoms with van der Waals surface area (Å²) in [5.74, 6) is -0.294. The third-order valence-corrected chi connectivity index (χ3v) is 5.66. The fraction of sp³-hybridized carbons (Fsp3) is 0.0435. The molecule has 0 spiro atoms. The lowest BCUT2D eigenvalue weighted by Gasteiger charge is -2.11. The Morgan fingerprint density at radius 3 is 2.67 bits per heavy atom. The van der Waals surface area contributed by atoms with Gasteiger partial charge in [0.25, 0.3) is 11.6 Å². The molecule has 10 heteroatoms. The zero-order chi connectivity index (χ0) is 24.0. The molecule has 0 aliphatic rings. The van der Waals surface area contributed by atoms with Crippen molar-refractivity contribution < 1.29 is 14.5 Å². The van der Waals surface area contributed by atoms with E-state index < -0.39 is 10.8 Å². The summed E-state index contributed by atoms with van der Waals surface area (Å²) in [6.07, 6.45) is 1.38. The molecule has 3 rings (SSSR count). The van der Waals surface area contributed by atoms with E-state index in [9.17, 15) is 20.2 Å². The van der Waals surface area contributed by atoms with Crippen molar-refractivity contribution in [3.8, 4) is 11.8 Å². The van der Waals surface area contributed by atoms with Gasteiger partial charge in [-0.05, 0) is 42.0 Å². The van der Waals surface area contributed by atoms with Crippen LogP contribution in [-0.4, -0.2) is 10.8 Å². The van der Waals surface area contributed by atoms with Gasteiger partial charge in [-0.3, -0.25) is 14.9 Å². The molecule has 7 nitrogen and oxygen atoms in total. The number of halogens is 3. The standard InChI is InChI=1S/C23H14BrCl2N3O4/c24-17-7-8-21(33-13-14-3-1-4-18(9-14)29(31)32)15(11-17)10-16(12-27)23(30)28-20-6-2-5-19(25)22(20)26/h1-11H,13H2,(H,28,30)/b16-10-. The van der Waals surface area contributed by atoms with Gasteiger partial charge in [0.15, 0.2) is 0 Å². The second-order valence-corrected chi connectivity index (χ2v) is 8.32. The summed E-state index contributed by atoms with van der Waals surface area (Å²) in [6, 6.07) is 17.8. The van der Waals surface area contributed by atoms with Crippen LogP contribution < -0.4 is 10.1 Å². The maximum Gasteiger partial charge on any atom is 0.269 e. The molecule has 0 fully saturated rings. The minimum absolute atomic E-state index is 0.0462. The third-order valence-electron chi connectivity index (χ3n) is 4.35. The van der Waals surface area contributed by atoms with E-state index in [-0.39, 0.29) is 33.6 Å². The lowest BCUT2D eigenvalue weighted by atomic mass is 10.1. The highest BCUT2D eigenvalue weighted by atomic mass is 79.9. The zero-order valence-electron chi connectivity index (χ0n) is 16.7. The summed E-state index contributed by atoms with van der Waals surface area (Å²) in [7, 11) is 0. The van der Waals surface area contributed by atoms with Crippen LogP contribution in [0.2, 0.25) is 10.0 Å². The first-order chi connectivity index (χ1) is 15.8. The van der Waals surface area contributed by atoms with Crippen LogP contribution >= 0.6 is 39.1 Å². The largest absolute Gasteiger partial charge is 0.488 e. The van der Waals surface area contributed by atoms with E-state index in [1.807, 2.05) is 6.07 Å². The molecule has 0 radical (unpaired) electrons. The number of benzene rings is 3. The molecule has 3 aromatic rings. The summed E-state index contributed by atoms with van der Waals surface area (Å²) in [4.78, 5) is 23.2. The Bertz CT molecular complexity index is 1310. The molecule has 0 saturated carbocycles. The number of ether oxygens (including phenoxy) is 1. The number of non-ortho nitro benzene ring substituents is 1. The van der Waals surface area contributed by atoms with Gasteiger partial charge in [0, 0.05) is 22.2 Å². The summed E-state index contributed by atoms with van der Waals surface area (Å²) >= 11 is 15.4. The number of nitrogens with one attached hydrogen (secondary N) is 1. The third kappa shape index (κ3) is 6.33. The molecule has 1 amide bonds. The molecule has 0 bridgehead atoms. The van der Waals surface area contributed by atoms with Gasteiger partial charge in [-0.25, -0.2) is 0 Å². The summed E-state index contributed by atoms with van der Waals surface area (Å²) in [5.41, 5.74) is 1.08. The molecular weight excluding hydrogens is 533 g/mol. The predicted octanol–water partition coefficient (Wildman–Crippen LogP) is 6.79. The van der Waals surface area contributed by atoms with E-state index in [0.29, 0.717) is 21.3 Å². The molecule has 3 aromatic carbocycles. The highest BCUT2D eigenvalue weighted by Gasteiger charge is 2.15. The molecule has 0 saturated heterocycles. The van der Waals surface area contributed by atoms with Crippen molar-refractivity contribution in [2.24, 2.45) is 0 Å². The first kappa shape index (κ1) is 24.3. The highest BCUT2D eigenvalue weighted by Crippen LogP contribution is 2.31. The Labute approximate surface area is 207 Å². The van der Waals surface area contributed by atoms with Crippen molar-refractivity contribution in [2.75, 3.05) is 5.32 Å². The molecule has 1 N–H and O–H groups in total. The van der Waals surface area contributed by atoms with E-state index in [1.165, 1.54) is 18.2 Å². The van der Waals surface area contributed by atoms with Crippen LogP contribution in [0.4, 0.5) is 11.4 Å². The fourth-order valence-electron chi connectivity index (χ4n) is 2.78. The Balaban J connectivity index is 1.85. The van der Waals surface area contributed by atoms with Crippen LogP contribution in [0.3, 0.4) is 0 Å². The molecule has 166 valence electrons. The molecular formula is C23H14BrCl2N3O4. The molecule has 0 aliphatic carbocycles. The Kier molecular flexibility index (Phi) is 8.06. The summed E-state index contributed by atoms with van der Waals surface area (Å²) in [6.45, 7) is 0.0519. The maximum atomic E-state index is 12.7. The first-order valence-electron chi connectivity index (χ1n) is 9.31. The van der Waals surface area contributed by atoms with Gasteiger partial charge in [0.05, 0.1) is 20.7 Å². The Hall–Kier alpha value is -3.38. The minimum atomic E-state index is -0.675. The predicted molar refractivity (Wildman–Crippen MR) is 130 cm³/mol. The zero-order valence-corrected chi connectivity index (χ0v) is 19.8. The number of amides is 1. The van der Waals surface area contributed by atoms with Gasteiger partial charge in [-0.2, -0.15) is 5.26 Å². The van der Waals surface area contributed by atoms with E-state index in [4.69, 9.17) is 27.9 Å². The molecule has 33 heavy (non-hydrogen) atoms. The van der Waals surface area contributed by atoms with Crippen LogP contribution in [-0.2, 0) is 11.4 Å². The van der Waals surface area contributed by atoms with E-state index in [0.717, 1.165) is 0 Å². The van der Waals surface area contributed by atoms with Gasteiger partial charge < -0.3 is 10.1 Å². The summed E-state index contributed by atoms with van der Waals surface area (Å²) in [5, 5.41) is 23.5. The van der Waals surface area contributed by atoms with E-state index >= 15 is 0 Å². The minimum Gasteiger partial charge on any atom is -0.488 e. The van der Waals surface area contributed by atoms with Gasteiger partial charge in [0.1, 0.15) is 24.0 Å². The van der Waals surface area contributed by atoms with E-state index in [1.54, 1.807) is 48.5 Å². The van der Waals surface area contributed by atoms with Crippen molar-refractivity contribution in [2.45, 2.75) is 6.61 Å². The van der Waals surface area contributed by atoms with Crippen molar-refractivity contribution in [1.29, 1.82) is 5.26 Å². The van der Waals surface area contributed by atoms with Crippen molar-refractivity contribution in [1.82, 2.24) is 0 Å². The fourth-order valence-corrected chi connectivity index (χ4v) is 3.51. The Morgan fingerprint density at radius 2 is 1.94 bits per heavy atom. The smallest absolute Gasteiger partial charge is 0.269 e. The number of nitrogens with zero attached hydrogens (tertiary/aromatic N) is 2. The number of nitro groups is 1. The number of nitro benzene ring substituents is 1. The van der Waals surface area contributed by atoms with Gasteiger partial charge >= 0.3 is 0 Å². The van der Waals surface area contributed by atoms with Crippen LogP contribution in [0.1, 0.15) is 11.1 Å². The number of carbonyl (C=O) groups is 1. The highest BCUT2D eigenvalue weighted by molar-refractivity contribution is 9.10. The van der Waals surface area contributed by atoms with Crippen LogP contribution in [0.5, 0.6) is 5.75 Å². The second-order valence-electron chi connectivity index (χ2n) is 6.62. The van der Waals surface area contributed by atoms with Crippen LogP contribution in [0.25, 0.3) is 6.08 Å². The number of hydrogen-bond donors (Lipinski definition) is 1. The number of anilines is 1. The van der Waals surface area contributed by atoms with Gasteiger partial charge in [-0.1, -0.05) is 57.3 Å².